The van der Waals surface area contributed by atoms with E-state index in [0.717, 1.165) is 10.6 Å². The zero-order valence-corrected chi connectivity index (χ0v) is 9.62. The molecule has 1 nitrogen and oxygen atoms in total. The fraction of sp³-hybridized carbons (Fsp3) is 0.385. The fourth-order valence-electron chi connectivity index (χ4n) is 2.54. The van der Waals surface area contributed by atoms with Crippen LogP contribution in [0.25, 0.3) is 10.9 Å². The third-order valence-corrected chi connectivity index (χ3v) is 3.78. The standard InChI is InChI=1S/C13H14ClN/c1-8-6-13-10(7-11(8)14)9-4-2-3-5-12(9)15-13/h6-7,15H,2-5H2,1H3. The summed E-state index contributed by atoms with van der Waals surface area (Å²) in [4.78, 5) is 3.53. The van der Waals surface area contributed by atoms with Crippen molar-refractivity contribution in [2.45, 2.75) is 32.6 Å². The van der Waals surface area contributed by atoms with E-state index in [9.17, 15) is 0 Å². The Kier molecular flexibility index (Phi) is 2.03. The number of fused-ring (bicyclic) bond motifs is 3. The molecule has 1 heterocycles. The van der Waals surface area contributed by atoms with Crippen molar-refractivity contribution in [2.75, 3.05) is 0 Å². The summed E-state index contributed by atoms with van der Waals surface area (Å²) in [6.45, 7) is 2.06. The summed E-state index contributed by atoms with van der Waals surface area (Å²) in [5.74, 6) is 0. The lowest BCUT2D eigenvalue weighted by atomic mass is 9.95. The lowest BCUT2D eigenvalue weighted by Crippen LogP contribution is -1.99. The number of aromatic amines is 1. The van der Waals surface area contributed by atoms with Crippen LogP contribution in [0, 0.1) is 6.92 Å². The first kappa shape index (κ1) is 9.29. The number of nitrogens with one attached hydrogen (secondary N) is 1. The van der Waals surface area contributed by atoms with Gasteiger partial charge in [0.05, 0.1) is 0 Å². The predicted molar refractivity (Wildman–Crippen MR) is 64.7 cm³/mol. The highest BCUT2D eigenvalue weighted by Gasteiger charge is 2.15. The summed E-state index contributed by atoms with van der Waals surface area (Å²) in [7, 11) is 0. The molecule has 15 heavy (non-hydrogen) atoms. The van der Waals surface area contributed by atoms with Crippen LogP contribution in [-0.4, -0.2) is 4.98 Å². The monoisotopic (exact) mass is 219 g/mol. The van der Waals surface area contributed by atoms with Gasteiger partial charge in [-0.3, -0.25) is 0 Å². The van der Waals surface area contributed by atoms with Gasteiger partial charge in [0.15, 0.2) is 0 Å². The first-order valence-corrected chi connectivity index (χ1v) is 5.93. The van der Waals surface area contributed by atoms with E-state index in [-0.39, 0.29) is 0 Å². The molecule has 0 radical (unpaired) electrons. The van der Waals surface area contributed by atoms with E-state index in [1.165, 1.54) is 47.8 Å². The van der Waals surface area contributed by atoms with Gasteiger partial charge in [-0.15, -0.1) is 0 Å². The molecule has 3 rings (SSSR count). The van der Waals surface area contributed by atoms with Crippen molar-refractivity contribution in [2.24, 2.45) is 0 Å². The number of hydrogen-bond acceptors (Lipinski definition) is 0. The van der Waals surface area contributed by atoms with Crippen molar-refractivity contribution in [3.8, 4) is 0 Å². The van der Waals surface area contributed by atoms with Gasteiger partial charge in [0.25, 0.3) is 0 Å². The lowest BCUT2D eigenvalue weighted by Gasteiger charge is -2.10. The van der Waals surface area contributed by atoms with Gasteiger partial charge in [0, 0.05) is 21.6 Å². The molecule has 0 saturated carbocycles. The molecule has 78 valence electrons. The minimum Gasteiger partial charge on any atom is -0.358 e. The van der Waals surface area contributed by atoms with Crippen LogP contribution >= 0.6 is 11.6 Å². The third-order valence-electron chi connectivity index (χ3n) is 3.38. The molecule has 2 heteroatoms. The second-order valence-corrected chi connectivity index (χ2v) is 4.84. The van der Waals surface area contributed by atoms with Gasteiger partial charge in [-0.25, -0.2) is 0 Å². The van der Waals surface area contributed by atoms with Crippen LogP contribution in [0.3, 0.4) is 0 Å². The Morgan fingerprint density at radius 3 is 2.87 bits per heavy atom. The molecule has 1 aromatic heterocycles. The SMILES string of the molecule is Cc1cc2[nH]c3c(c2cc1Cl)CCCC3. The topological polar surface area (TPSA) is 15.8 Å². The molecule has 0 aliphatic heterocycles. The summed E-state index contributed by atoms with van der Waals surface area (Å²) in [5.41, 5.74) is 5.34. The zero-order valence-electron chi connectivity index (χ0n) is 8.86. The first-order valence-electron chi connectivity index (χ1n) is 5.55. The van der Waals surface area contributed by atoms with E-state index >= 15 is 0 Å². The Hall–Kier alpha value is -0.950. The van der Waals surface area contributed by atoms with Gasteiger partial charge in [0.2, 0.25) is 0 Å². The van der Waals surface area contributed by atoms with Crippen LogP contribution in [-0.2, 0) is 12.8 Å². The van der Waals surface area contributed by atoms with Crippen LogP contribution in [0.15, 0.2) is 12.1 Å². The molecule has 0 bridgehead atoms. The highest BCUT2D eigenvalue weighted by molar-refractivity contribution is 6.32. The molecule has 1 aliphatic carbocycles. The van der Waals surface area contributed by atoms with E-state index in [4.69, 9.17) is 11.6 Å². The molecule has 0 spiro atoms. The van der Waals surface area contributed by atoms with Crippen molar-refractivity contribution in [1.82, 2.24) is 4.98 Å². The van der Waals surface area contributed by atoms with Crippen LogP contribution < -0.4 is 0 Å². The van der Waals surface area contributed by atoms with Crippen LogP contribution in [0.2, 0.25) is 5.02 Å². The fourth-order valence-corrected chi connectivity index (χ4v) is 2.70. The summed E-state index contributed by atoms with van der Waals surface area (Å²) < 4.78 is 0. The molecule has 2 aromatic rings. The highest BCUT2D eigenvalue weighted by atomic mass is 35.5. The van der Waals surface area contributed by atoms with E-state index in [1.807, 2.05) is 0 Å². The van der Waals surface area contributed by atoms with Crippen molar-refractivity contribution in [3.63, 3.8) is 0 Å². The molecule has 0 saturated heterocycles. The number of rotatable bonds is 0. The number of halogens is 1. The zero-order chi connectivity index (χ0) is 10.4. The number of benzene rings is 1. The normalized spacial score (nSPS) is 15.6. The maximum absolute atomic E-state index is 6.17. The molecular weight excluding hydrogens is 206 g/mol. The van der Waals surface area contributed by atoms with Gasteiger partial charge >= 0.3 is 0 Å². The summed E-state index contributed by atoms with van der Waals surface area (Å²) in [6, 6.07) is 4.28. The number of aromatic nitrogens is 1. The maximum Gasteiger partial charge on any atom is 0.0462 e. The molecular formula is C13H14ClN. The van der Waals surface area contributed by atoms with Gasteiger partial charge in [-0.2, -0.15) is 0 Å². The largest absolute Gasteiger partial charge is 0.358 e. The summed E-state index contributed by atoms with van der Waals surface area (Å²) in [6.07, 6.45) is 5.02. The molecule has 0 fully saturated rings. The van der Waals surface area contributed by atoms with E-state index < -0.39 is 0 Å². The van der Waals surface area contributed by atoms with Crippen molar-refractivity contribution >= 4 is 22.5 Å². The number of H-pyrrole nitrogens is 1. The second-order valence-electron chi connectivity index (χ2n) is 4.44. The Morgan fingerprint density at radius 1 is 1.20 bits per heavy atom. The molecule has 0 atom stereocenters. The van der Waals surface area contributed by atoms with Gasteiger partial charge in [-0.05, 0) is 55.9 Å². The van der Waals surface area contributed by atoms with E-state index in [2.05, 4.69) is 24.0 Å². The first-order chi connectivity index (χ1) is 7.25. The Bertz CT molecular complexity index is 525. The molecule has 1 aromatic carbocycles. The molecule has 1 N–H and O–H groups in total. The summed E-state index contributed by atoms with van der Waals surface area (Å²) in [5, 5.41) is 2.22. The number of aryl methyl sites for hydroxylation is 3. The lowest BCUT2D eigenvalue weighted by molar-refractivity contribution is 0.680. The third kappa shape index (κ3) is 1.37. The molecule has 0 unspecified atom stereocenters. The average molecular weight is 220 g/mol. The van der Waals surface area contributed by atoms with Gasteiger partial charge in [-0.1, -0.05) is 11.6 Å². The van der Waals surface area contributed by atoms with Crippen molar-refractivity contribution in [1.29, 1.82) is 0 Å². The van der Waals surface area contributed by atoms with Gasteiger partial charge in [0.1, 0.15) is 0 Å². The van der Waals surface area contributed by atoms with E-state index in [0.29, 0.717) is 0 Å². The van der Waals surface area contributed by atoms with Crippen molar-refractivity contribution in [3.05, 3.63) is 34.0 Å². The molecule has 1 aliphatic rings. The number of hydrogen-bond donors (Lipinski definition) is 1. The van der Waals surface area contributed by atoms with Crippen LogP contribution in [0.5, 0.6) is 0 Å². The van der Waals surface area contributed by atoms with E-state index in [1.54, 1.807) is 0 Å². The minimum atomic E-state index is 0.884. The Labute approximate surface area is 94.4 Å². The quantitative estimate of drug-likeness (QED) is 0.689. The van der Waals surface area contributed by atoms with Gasteiger partial charge < -0.3 is 4.98 Å². The summed E-state index contributed by atoms with van der Waals surface area (Å²) >= 11 is 6.17. The van der Waals surface area contributed by atoms with Crippen LogP contribution in [0.4, 0.5) is 0 Å². The second kappa shape index (κ2) is 3.28. The van der Waals surface area contributed by atoms with Crippen LogP contribution in [0.1, 0.15) is 29.7 Å². The average Bonchev–Trinajstić information content (AvgIpc) is 2.57. The van der Waals surface area contributed by atoms with Crippen molar-refractivity contribution < 1.29 is 0 Å². The minimum absolute atomic E-state index is 0.884. The maximum atomic E-state index is 6.17. The smallest absolute Gasteiger partial charge is 0.0462 e. The Balaban J connectivity index is 2.33. The Morgan fingerprint density at radius 2 is 2.00 bits per heavy atom. The highest BCUT2D eigenvalue weighted by Crippen LogP contribution is 2.32. The predicted octanol–water partition coefficient (Wildman–Crippen LogP) is 4.01. The molecule has 0 amide bonds.